The third-order valence-electron chi connectivity index (χ3n) is 2.53. The highest BCUT2D eigenvalue weighted by Crippen LogP contribution is 2.23. The minimum Gasteiger partial charge on any atom is -0.463 e. The van der Waals surface area contributed by atoms with Gasteiger partial charge in [0.2, 0.25) is 0 Å². The van der Waals surface area contributed by atoms with Gasteiger partial charge in [-0.15, -0.1) is 0 Å². The molecule has 4 heteroatoms. The van der Waals surface area contributed by atoms with Crippen molar-refractivity contribution in [2.75, 3.05) is 13.2 Å². The molecule has 0 spiro atoms. The lowest BCUT2D eigenvalue weighted by Crippen LogP contribution is -2.21. The van der Waals surface area contributed by atoms with Crippen LogP contribution in [0.25, 0.3) is 0 Å². The van der Waals surface area contributed by atoms with Gasteiger partial charge in [0.15, 0.2) is 0 Å². The maximum Gasteiger partial charge on any atom is 0.334 e. The smallest absolute Gasteiger partial charge is 0.334 e. The zero-order valence-corrected chi connectivity index (χ0v) is 12.9. The molecule has 0 rings (SSSR count). The van der Waals surface area contributed by atoms with Gasteiger partial charge in [-0.3, -0.25) is 0 Å². The first-order valence-corrected chi connectivity index (χ1v) is 6.92. The average molecular weight is 270 g/mol. The first kappa shape index (κ1) is 17.7. The molecular weight excluding hydrogens is 244 g/mol. The molecule has 0 heterocycles. The molecule has 0 aromatic rings. The maximum atomic E-state index is 12.0. The van der Waals surface area contributed by atoms with Gasteiger partial charge >= 0.3 is 11.9 Å². The van der Waals surface area contributed by atoms with Crippen molar-refractivity contribution in [2.45, 2.75) is 48.0 Å². The number of ether oxygens (including phenoxy) is 2. The number of carbonyl (C=O) groups is 2. The highest BCUT2D eigenvalue weighted by Gasteiger charge is 2.25. The Morgan fingerprint density at radius 1 is 0.895 bits per heavy atom. The first-order chi connectivity index (χ1) is 8.84. The predicted molar refractivity (Wildman–Crippen MR) is 74.6 cm³/mol. The van der Waals surface area contributed by atoms with Crippen LogP contribution in [0.15, 0.2) is 11.1 Å². The van der Waals surface area contributed by atoms with Crippen molar-refractivity contribution in [1.82, 2.24) is 0 Å². The van der Waals surface area contributed by atoms with E-state index < -0.39 is 11.9 Å². The first-order valence-electron chi connectivity index (χ1n) is 6.92. The van der Waals surface area contributed by atoms with E-state index in [1.165, 1.54) is 0 Å². The normalized spacial score (nSPS) is 12.4. The fourth-order valence-corrected chi connectivity index (χ4v) is 1.85. The molecule has 19 heavy (non-hydrogen) atoms. The van der Waals surface area contributed by atoms with Crippen LogP contribution in [-0.2, 0) is 19.1 Å². The van der Waals surface area contributed by atoms with Crippen LogP contribution in [0.3, 0.4) is 0 Å². The Kier molecular flexibility index (Phi) is 8.12. The number of carbonyl (C=O) groups excluding carboxylic acids is 2. The Morgan fingerprint density at radius 3 is 1.74 bits per heavy atom. The Labute approximate surface area is 116 Å². The van der Waals surface area contributed by atoms with Gasteiger partial charge in [0, 0.05) is 5.57 Å². The molecule has 0 saturated heterocycles. The predicted octanol–water partition coefficient (Wildman–Crippen LogP) is 3.11. The van der Waals surface area contributed by atoms with Crippen molar-refractivity contribution < 1.29 is 19.1 Å². The quantitative estimate of drug-likeness (QED) is 0.527. The topological polar surface area (TPSA) is 52.6 Å². The van der Waals surface area contributed by atoms with E-state index in [2.05, 4.69) is 0 Å². The molecule has 110 valence electrons. The van der Waals surface area contributed by atoms with Crippen molar-refractivity contribution in [3.05, 3.63) is 11.1 Å². The minimum atomic E-state index is -0.416. The van der Waals surface area contributed by atoms with Crippen LogP contribution >= 0.6 is 0 Å². The summed E-state index contributed by atoms with van der Waals surface area (Å²) in [5.41, 5.74) is 0.888. The van der Waals surface area contributed by atoms with Crippen LogP contribution in [0, 0.1) is 11.8 Å². The molecule has 4 nitrogen and oxygen atoms in total. The van der Waals surface area contributed by atoms with Gasteiger partial charge in [0.25, 0.3) is 0 Å². The summed E-state index contributed by atoms with van der Waals surface area (Å²) in [7, 11) is 0. The summed E-state index contributed by atoms with van der Waals surface area (Å²) in [5.74, 6) is -0.631. The van der Waals surface area contributed by atoms with Crippen molar-refractivity contribution >= 4 is 11.9 Å². The van der Waals surface area contributed by atoms with E-state index in [-0.39, 0.29) is 11.8 Å². The molecule has 0 bridgehead atoms. The SMILES string of the molecule is CCOC(=O)/C(CC(C)C)=C(\C(=O)OCC)C(C)C. The molecule has 0 N–H and O–H groups in total. The average Bonchev–Trinajstić information content (AvgIpc) is 2.27. The molecule has 0 aliphatic carbocycles. The molecule has 0 aromatic heterocycles. The van der Waals surface area contributed by atoms with Gasteiger partial charge in [-0.25, -0.2) is 9.59 Å². The Hall–Kier alpha value is -1.32. The van der Waals surface area contributed by atoms with Gasteiger partial charge in [0.05, 0.1) is 18.8 Å². The Morgan fingerprint density at radius 2 is 1.37 bits per heavy atom. The van der Waals surface area contributed by atoms with Crippen LogP contribution in [0.1, 0.15) is 48.0 Å². The molecule has 0 unspecified atom stereocenters. The molecule has 0 aliphatic rings. The molecule has 0 radical (unpaired) electrons. The number of esters is 2. The van der Waals surface area contributed by atoms with Crippen LogP contribution in [0.2, 0.25) is 0 Å². The summed E-state index contributed by atoms with van der Waals surface area (Å²) in [6.45, 7) is 11.9. The van der Waals surface area contributed by atoms with Gasteiger partial charge < -0.3 is 9.47 Å². The van der Waals surface area contributed by atoms with Crippen LogP contribution in [0.5, 0.6) is 0 Å². The third-order valence-corrected chi connectivity index (χ3v) is 2.53. The van der Waals surface area contributed by atoms with E-state index in [4.69, 9.17) is 9.47 Å². The van der Waals surface area contributed by atoms with E-state index in [1.54, 1.807) is 13.8 Å². The lowest BCUT2D eigenvalue weighted by molar-refractivity contribution is -0.142. The van der Waals surface area contributed by atoms with E-state index in [1.807, 2.05) is 27.7 Å². The summed E-state index contributed by atoms with van der Waals surface area (Å²) in [6.07, 6.45) is 0.519. The minimum absolute atomic E-state index is 0.0720. The molecule has 0 aromatic carbocycles. The lowest BCUT2D eigenvalue weighted by Gasteiger charge is -2.17. The van der Waals surface area contributed by atoms with Crippen LogP contribution in [0.4, 0.5) is 0 Å². The second kappa shape index (κ2) is 8.73. The fourth-order valence-electron chi connectivity index (χ4n) is 1.85. The molecule has 0 atom stereocenters. The fraction of sp³-hybridized carbons (Fsp3) is 0.733. The second-order valence-electron chi connectivity index (χ2n) is 5.09. The van der Waals surface area contributed by atoms with Gasteiger partial charge in [-0.1, -0.05) is 27.7 Å². The van der Waals surface area contributed by atoms with E-state index in [0.717, 1.165) is 0 Å². The second-order valence-corrected chi connectivity index (χ2v) is 5.09. The molecule has 0 saturated carbocycles. The molecule has 0 fully saturated rings. The highest BCUT2D eigenvalue weighted by atomic mass is 16.5. The standard InChI is InChI=1S/C15H26O4/c1-7-18-14(16)12(9-10(3)4)13(11(5)6)15(17)19-8-2/h10-11H,7-9H2,1-6H3/b13-12-. The Bertz CT molecular complexity index is 340. The summed E-state index contributed by atoms with van der Waals surface area (Å²) in [5, 5.41) is 0. The van der Waals surface area contributed by atoms with E-state index >= 15 is 0 Å². The lowest BCUT2D eigenvalue weighted by atomic mass is 9.91. The van der Waals surface area contributed by atoms with Crippen LogP contribution < -0.4 is 0 Å². The zero-order valence-electron chi connectivity index (χ0n) is 12.9. The van der Waals surface area contributed by atoms with Crippen molar-refractivity contribution in [1.29, 1.82) is 0 Å². The van der Waals surface area contributed by atoms with Crippen molar-refractivity contribution in [3.63, 3.8) is 0 Å². The van der Waals surface area contributed by atoms with Gasteiger partial charge in [0.1, 0.15) is 0 Å². The summed E-state index contributed by atoms with van der Waals surface area (Å²) >= 11 is 0. The van der Waals surface area contributed by atoms with E-state index in [9.17, 15) is 9.59 Å². The molecular formula is C15H26O4. The summed E-state index contributed by atoms with van der Waals surface area (Å²) < 4.78 is 10.1. The largest absolute Gasteiger partial charge is 0.463 e. The van der Waals surface area contributed by atoms with Gasteiger partial charge in [-0.05, 0) is 32.1 Å². The number of rotatable bonds is 7. The van der Waals surface area contributed by atoms with Crippen molar-refractivity contribution in [3.8, 4) is 0 Å². The summed E-state index contributed by atoms with van der Waals surface area (Å²) in [4.78, 5) is 24.1. The molecule has 0 aliphatic heterocycles. The van der Waals surface area contributed by atoms with Crippen LogP contribution in [-0.4, -0.2) is 25.2 Å². The van der Waals surface area contributed by atoms with Crippen molar-refractivity contribution in [2.24, 2.45) is 11.8 Å². The maximum absolute atomic E-state index is 12.0. The number of hydrogen-bond acceptors (Lipinski definition) is 4. The third kappa shape index (κ3) is 5.90. The van der Waals surface area contributed by atoms with Gasteiger partial charge in [-0.2, -0.15) is 0 Å². The number of hydrogen-bond donors (Lipinski definition) is 0. The monoisotopic (exact) mass is 270 g/mol. The highest BCUT2D eigenvalue weighted by molar-refractivity contribution is 6.00. The van der Waals surface area contributed by atoms with E-state index in [0.29, 0.717) is 30.8 Å². The Balaban J connectivity index is 5.55. The summed E-state index contributed by atoms with van der Waals surface area (Å²) in [6, 6.07) is 0. The zero-order chi connectivity index (χ0) is 15.0. The molecule has 0 amide bonds.